The SMILES string of the molecule is CCNCCC(c1ccccc1)N1CN(CC)c2ccccc21. The maximum absolute atomic E-state index is 3.48. The van der Waals surface area contributed by atoms with Crippen LogP contribution in [0.4, 0.5) is 11.4 Å². The van der Waals surface area contributed by atoms with Gasteiger partial charge < -0.3 is 15.1 Å². The van der Waals surface area contributed by atoms with Gasteiger partial charge in [0.2, 0.25) is 0 Å². The van der Waals surface area contributed by atoms with E-state index in [0.29, 0.717) is 6.04 Å². The molecule has 0 bridgehead atoms. The van der Waals surface area contributed by atoms with E-state index in [1.165, 1.54) is 16.9 Å². The monoisotopic (exact) mass is 309 g/mol. The summed E-state index contributed by atoms with van der Waals surface area (Å²) in [6.45, 7) is 8.49. The number of anilines is 2. The molecule has 0 spiro atoms. The van der Waals surface area contributed by atoms with Gasteiger partial charge in [-0.15, -0.1) is 0 Å². The number of hydrogen-bond donors (Lipinski definition) is 1. The van der Waals surface area contributed by atoms with E-state index in [1.807, 2.05) is 0 Å². The average Bonchev–Trinajstić information content (AvgIpc) is 2.98. The van der Waals surface area contributed by atoms with E-state index in [2.05, 4.69) is 83.6 Å². The third kappa shape index (κ3) is 3.35. The summed E-state index contributed by atoms with van der Waals surface area (Å²) >= 11 is 0. The Labute approximate surface area is 139 Å². The molecule has 3 heteroatoms. The second-order valence-electron chi connectivity index (χ2n) is 6.02. The van der Waals surface area contributed by atoms with Crippen molar-refractivity contribution in [3.8, 4) is 0 Å². The molecule has 122 valence electrons. The minimum absolute atomic E-state index is 0.410. The standard InChI is InChI=1S/C20H27N3/c1-3-21-15-14-18(17-10-6-5-7-11-17)23-16-22(4-2)19-12-8-9-13-20(19)23/h5-13,18,21H,3-4,14-16H2,1-2H3. The minimum Gasteiger partial charge on any atom is -0.352 e. The zero-order chi connectivity index (χ0) is 16.1. The van der Waals surface area contributed by atoms with Crippen LogP contribution in [0, 0.1) is 0 Å². The van der Waals surface area contributed by atoms with Crippen LogP contribution in [0.2, 0.25) is 0 Å². The summed E-state index contributed by atoms with van der Waals surface area (Å²) in [4.78, 5) is 5.02. The number of fused-ring (bicyclic) bond motifs is 1. The van der Waals surface area contributed by atoms with Crippen LogP contribution in [0.15, 0.2) is 54.6 Å². The van der Waals surface area contributed by atoms with E-state index in [1.54, 1.807) is 0 Å². The van der Waals surface area contributed by atoms with Crippen LogP contribution in [0.25, 0.3) is 0 Å². The molecule has 2 aromatic rings. The Hall–Kier alpha value is -2.00. The first-order valence-electron chi connectivity index (χ1n) is 8.71. The quantitative estimate of drug-likeness (QED) is 0.779. The molecule has 1 unspecified atom stereocenters. The van der Waals surface area contributed by atoms with Crippen LogP contribution < -0.4 is 15.1 Å². The Kier molecular flexibility index (Phi) is 5.19. The van der Waals surface area contributed by atoms with Gasteiger partial charge >= 0.3 is 0 Å². The maximum Gasteiger partial charge on any atom is 0.0910 e. The van der Waals surface area contributed by atoms with Crippen molar-refractivity contribution in [2.24, 2.45) is 0 Å². The highest BCUT2D eigenvalue weighted by molar-refractivity contribution is 5.76. The number of para-hydroxylation sites is 2. The smallest absolute Gasteiger partial charge is 0.0910 e. The van der Waals surface area contributed by atoms with Crippen molar-refractivity contribution < 1.29 is 0 Å². The van der Waals surface area contributed by atoms with E-state index < -0.39 is 0 Å². The Morgan fingerprint density at radius 3 is 2.35 bits per heavy atom. The van der Waals surface area contributed by atoms with Gasteiger partial charge in [0.15, 0.2) is 0 Å². The lowest BCUT2D eigenvalue weighted by atomic mass is 10.0. The second-order valence-corrected chi connectivity index (χ2v) is 6.02. The predicted octanol–water partition coefficient (Wildman–Crippen LogP) is 4.03. The lowest BCUT2D eigenvalue weighted by molar-refractivity contribution is 0.550. The van der Waals surface area contributed by atoms with Crippen LogP contribution in [0.5, 0.6) is 0 Å². The van der Waals surface area contributed by atoms with Gasteiger partial charge in [-0.3, -0.25) is 0 Å². The van der Waals surface area contributed by atoms with Gasteiger partial charge in [0.25, 0.3) is 0 Å². The van der Waals surface area contributed by atoms with Crippen LogP contribution in [0.1, 0.15) is 31.9 Å². The summed E-state index contributed by atoms with van der Waals surface area (Å²) < 4.78 is 0. The molecule has 0 saturated carbocycles. The molecular weight excluding hydrogens is 282 g/mol. The van der Waals surface area contributed by atoms with E-state index in [9.17, 15) is 0 Å². The summed E-state index contributed by atoms with van der Waals surface area (Å²) in [5.74, 6) is 0. The molecule has 0 amide bonds. The normalized spacial score (nSPS) is 14.9. The van der Waals surface area contributed by atoms with Crippen molar-refractivity contribution in [3.05, 3.63) is 60.2 Å². The molecule has 1 heterocycles. The van der Waals surface area contributed by atoms with Gasteiger partial charge in [0.1, 0.15) is 0 Å². The number of nitrogens with zero attached hydrogens (tertiary/aromatic N) is 2. The molecule has 23 heavy (non-hydrogen) atoms. The van der Waals surface area contributed by atoms with Crippen LogP contribution in [0.3, 0.4) is 0 Å². The fraction of sp³-hybridized carbons (Fsp3) is 0.400. The lowest BCUT2D eigenvalue weighted by Crippen LogP contribution is -2.35. The Bertz CT molecular complexity index is 611. The Balaban J connectivity index is 1.91. The molecule has 1 atom stereocenters. The van der Waals surface area contributed by atoms with Crippen molar-refractivity contribution in [2.75, 3.05) is 36.1 Å². The highest BCUT2D eigenvalue weighted by Crippen LogP contribution is 2.41. The largest absolute Gasteiger partial charge is 0.352 e. The van der Waals surface area contributed by atoms with Gasteiger partial charge in [0.05, 0.1) is 24.1 Å². The van der Waals surface area contributed by atoms with Crippen molar-refractivity contribution >= 4 is 11.4 Å². The minimum atomic E-state index is 0.410. The molecule has 0 fully saturated rings. The zero-order valence-electron chi connectivity index (χ0n) is 14.2. The number of rotatable bonds is 7. The first-order valence-corrected chi connectivity index (χ1v) is 8.71. The first kappa shape index (κ1) is 15.9. The molecule has 1 N–H and O–H groups in total. The molecule has 3 nitrogen and oxygen atoms in total. The number of benzene rings is 2. The molecule has 3 rings (SSSR count). The molecule has 0 saturated heterocycles. The topological polar surface area (TPSA) is 18.5 Å². The average molecular weight is 309 g/mol. The molecule has 0 aromatic heterocycles. The Morgan fingerprint density at radius 1 is 0.957 bits per heavy atom. The fourth-order valence-corrected chi connectivity index (χ4v) is 3.44. The van der Waals surface area contributed by atoms with E-state index in [-0.39, 0.29) is 0 Å². The highest BCUT2D eigenvalue weighted by Gasteiger charge is 2.30. The summed E-state index contributed by atoms with van der Waals surface area (Å²) in [6.07, 6.45) is 1.11. The summed E-state index contributed by atoms with van der Waals surface area (Å²) in [5.41, 5.74) is 4.12. The van der Waals surface area contributed by atoms with Crippen molar-refractivity contribution in [3.63, 3.8) is 0 Å². The third-order valence-electron chi connectivity index (χ3n) is 4.64. The number of nitrogens with one attached hydrogen (secondary N) is 1. The number of hydrogen-bond acceptors (Lipinski definition) is 3. The highest BCUT2D eigenvalue weighted by atomic mass is 15.4. The van der Waals surface area contributed by atoms with Crippen LogP contribution >= 0.6 is 0 Å². The van der Waals surface area contributed by atoms with Gasteiger partial charge in [-0.1, -0.05) is 49.4 Å². The maximum atomic E-state index is 3.48. The fourth-order valence-electron chi connectivity index (χ4n) is 3.44. The Morgan fingerprint density at radius 2 is 1.65 bits per heavy atom. The molecule has 2 aromatic carbocycles. The molecule has 0 radical (unpaired) electrons. The van der Waals surface area contributed by atoms with Gasteiger partial charge in [-0.05, 0) is 44.1 Å². The third-order valence-corrected chi connectivity index (χ3v) is 4.64. The summed E-state index contributed by atoms with van der Waals surface area (Å²) in [5, 5.41) is 3.48. The predicted molar refractivity (Wildman–Crippen MR) is 99.2 cm³/mol. The van der Waals surface area contributed by atoms with Crippen molar-refractivity contribution in [1.82, 2.24) is 5.32 Å². The summed E-state index contributed by atoms with van der Waals surface area (Å²) in [7, 11) is 0. The zero-order valence-corrected chi connectivity index (χ0v) is 14.2. The van der Waals surface area contributed by atoms with E-state index >= 15 is 0 Å². The molecular formula is C20H27N3. The van der Waals surface area contributed by atoms with Crippen LogP contribution in [-0.4, -0.2) is 26.3 Å². The molecule has 0 aliphatic carbocycles. The van der Waals surface area contributed by atoms with Gasteiger partial charge in [0, 0.05) is 6.54 Å². The molecule has 1 aliphatic rings. The van der Waals surface area contributed by atoms with Crippen molar-refractivity contribution in [2.45, 2.75) is 26.3 Å². The van der Waals surface area contributed by atoms with E-state index in [0.717, 1.165) is 32.7 Å². The first-order chi connectivity index (χ1) is 11.3. The van der Waals surface area contributed by atoms with Gasteiger partial charge in [-0.2, -0.15) is 0 Å². The van der Waals surface area contributed by atoms with E-state index in [4.69, 9.17) is 0 Å². The van der Waals surface area contributed by atoms with Crippen molar-refractivity contribution in [1.29, 1.82) is 0 Å². The lowest BCUT2D eigenvalue weighted by Gasteiger charge is -2.31. The molecule has 1 aliphatic heterocycles. The van der Waals surface area contributed by atoms with Crippen LogP contribution in [-0.2, 0) is 0 Å². The summed E-state index contributed by atoms with van der Waals surface area (Å²) in [6, 6.07) is 20.1. The second kappa shape index (κ2) is 7.51. The van der Waals surface area contributed by atoms with Gasteiger partial charge in [-0.25, -0.2) is 0 Å².